The van der Waals surface area contributed by atoms with Gasteiger partial charge in [-0.1, -0.05) is 36.4 Å². The Morgan fingerprint density at radius 1 is 0.909 bits per heavy atom. The Hall–Kier alpha value is -1.29. The van der Waals surface area contributed by atoms with Gasteiger partial charge in [-0.2, -0.15) is 5.26 Å². The van der Waals surface area contributed by atoms with E-state index < -0.39 is 0 Å². The molecule has 1 heteroatoms. The van der Waals surface area contributed by atoms with Gasteiger partial charge >= 0.3 is 0 Å². The van der Waals surface area contributed by atoms with E-state index in [4.69, 9.17) is 5.26 Å². The van der Waals surface area contributed by atoms with Crippen LogP contribution in [-0.4, -0.2) is 0 Å². The quantitative estimate of drug-likeness (QED) is 0.550. The predicted molar refractivity (Wildman–Crippen MR) is 44.8 cm³/mol. The Labute approximate surface area is 67.3 Å². The summed E-state index contributed by atoms with van der Waals surface area (Å²) in [5, 5.41) is 7.96. The van der Waals surface area contributed by atoms with E-state index >= 15 is 0 Å². The van der Waals surface area contributed by atoms with Gasteiger partial charge in [0.15, 0.2) is 0 Å². The summed E-state index contributed by atoms with van der Waals surface area (Å²) in [6.07, 6.45) is 2.30. The molecule has 0 radical (unpaired) electrons. The summed E-state index contributed by atoms with van der Waals surface area (Å²) in [5.41, 5.74) is 0. The van der Waals surface area contributed by atoms with Gasteiger partial charge in [-0.25, -0.2) is 0 Å². The molecule has 0 N–H and O–H groups in total. The van der Waals surface area contributed by atoms with Crippen LogP contribution in [0.15, 0.2) is 36.4 Å². The summed E-state index contributed by atoms with van der Waals surface area (Å²) < 4.78 is 0. The zero-order valence-corrected chi connectivity index (χ0v) is 6.40. The molecule has 56 valence electrons. The van der Waals surface area contributed by atoms with Gasteiger partial charge in [-0.15, -0.1) is 0 Å². The first-order valence-corrected chi connectivity index (χ1v) is 3.83. The monoisotopic (exact) mass is 145 g/mol. The fourth-order valence-corrected chi connectivity index (χ4v) is 0.597. The highest BCUT2D eigenvalue weighted by Crippen LogP contribution is 2.26. The maximum atomic E-state index is 7.96. The van der Waals surface area contributed by atoms with E-state index in [-0.39, 0.29) is 0 Å². The molecule has 1 saturated carbocycles. The molecule has 0 atom stereocenters. The third-order valence-electron chi connectivity index (χ3n) is 1.43. The molecule has 1 aliphatic rings. The number of nitrogens with zero attached hydrogens (tertiary/aromatic N) is 1. The van der Waals surface area contributed by atoms with Crippen LogP contribution in [-0.2, 0) is 0 Å². The first-order valence-electron chi connectivity index (χ1n) is 3.83. The van der Waals surface area contributed by atoms with Crippen molar-refractivity contribution in [1.29, 1.82) is 5.26 Å². The van der Waals surface area contributed by atoms with Crippen molar-refractivity contribution < 1.29 is 0 Å². The molecule has 0 aromatic heterocycles. The molecule has 1 aromatic carbocycles. The van der Waals surface area contributed by atoms with Crippen molar-refractivity contribution in [2.24, 2.45) is 5.92 Å². The Morgan fingerprint density at radius 3 is 1.36 bits per heavy atom. The molecule has 1 aliphatic carbocycles. The van der Waals surface area contributed by atoms with E-state index in [9.17, 15) is 0 Å². The average molecular weight is 145 g/mol. The lowest BCUT2D eigenvalue weighted by atomic mass is 10.4. The maximum absolute atomic E-state index is 7.96. The lowest BCUT2D eigenvalue weighted by Crippen LogP contribution is -1.52. The third kappa shape index (κ3) is 4.16. The zero-order chi connectivity index (χ0) is 7.94. The second kappa shape index (κ2) is 4.51. The summed E-state index contributed by atoms with van der Waals surface area (Å²) in [4.78, 5) is 0. The van der Waals surface area contributed by atoms with Crippen LogP contribution in [0, 0.1) is 17.2 Å². The SMILES string of the molecule is N#CC1CC1.c1ccccc1. The van der Waals surface area contributed by atoms with Gasteiger partial charge in [0.1, 0.15) is 0 Å². The smallest absolute Gasteiger partial charge is 0.0655 e. The molecule has 1 aromatic rings. The molecule has 2 rings (SSSR count). The van der Waals surface area contributed by atoms with E-state index in [0.717, 1.165) is 12.8 Å². The molecule has 0 spiro atoms. The van der Waals surface area contributed by atoms with Crippen molar-refractivity contribution in [2.45, 2.75) is 12.8 Å². The van der Waals surface area contributed by atoms with E-state index in [0.29, 0.717) is 5.92 Å². The highest BCUT2D eigenvalue weighted by atomic mass is 14.3. The lowest BCUT2D eigenvalue weighted by Gasteiger charge is -1.69. The number of hydrogen-bond donors (Lipinski definition) is 0. The molecule has 0 amide bonds. The van der Waals surface area contributed by atoms with Gasteiger partial charge < -0.3 is 0 Å². The van der Waals surface area contributed by atoms with E-state index in [2.05, 4.69) is 6.07 Å². The van der Waals surface area contributed by atoms with Crippen molar-refractivity contribution in [3.63, 3.8) is 0 Å². The van der Waals surface area contributed by atoms with Gasteiger partial charge in [-0.05, 0) is 12.8 Å². The number of hydrogen-bond acceptors (Lipinski definition) is 1. The van der Waals surface area contributed by atoms with Crippen LogP contribution in [0.25, 0.3) is 0 Å². The average Bonchev–Trinajstić information content (AvgIpc) is 2.91. The van der Waals surface area contributed by atoms with E-state index in [1.807, 2.05) is 36.4 Å². The largest absolute Gasteiger partial charge is 0.198 e. The first kappa shape index (κ1) is 7.81. The minimum absolute atomic E-state index is 0.440. The molecule has 1 nitrogen and oxygen atoms in total. The number of rotatable bonds is 0. The highest BCUT2D eigenvalue weighted by Gasteiger charge is 2.19. The van der Waals surface area contributed by atoms with E-state index in [1.54, 1.807) is 0 Å². The van der Waals surface area contributed by atoms with Gasteiger partial charge in [0.05, 0.1) is 6.07 Å². The maximum Gasteiger partial charge on any atom is 0.0655 e. The molecular formula is C10H11N. The summed E-state index contributed by atoms with van der Waals surface area (Å²) in [7, 11) is 0. The summed E-state index contributed by atoms with van der Waals surface area (Å²) in [6.45, 7) is 0. The van der Waals surface area contributed by atoms with Gasteiger partial charge in [-0.3, -0.25) is 0 Å². The van der Waals surface area contributed by atoms with Crippen molar-refractivity contribution in [2.75, 3.05) is 0 Å². The fourth-order valence-electron chi connectivity index (χ4n) is 0.597. The van der Waals surface area contributed by atoms with Gasteiger partial charge in [0, 0.05) is 5.92 Å². The summed E-state index contributed by atoms with van der Waals surface area (Å²) in [6, 6.07) is 14.1. The highest BCUT2D eigenvalue weighted by molar-refractivity contribution is 4.99. The molecular weight excluding hydrogens is 134 g/mol. The predicted octanol–water partition coefficient (Wildman–Crippen LogP) is 2.61. The van der Waals surface area contributed by atoms with Crippen LogP contribution in [0.2, 0.25) is 0 Å². The van der Waals surface area contributed by atoms with Crippen molar-refractivity contribution in [1.82, 2.24) is 0 Å². The lowest BCUT2D eigenvalue weighted by molar-refractivity contribution is 1.13. The molecule has 11 heavy (non-hydrogen) atoms. The number of nitriles is 1. The van der Waals surface area contributed by atoms with Crippen LogP contribution < -0.4 is 0 Å². The van der Waals surface area contributed by atoms with Crippen LogP contribution in [0.4, 0.5) is 0 Å². The summed E-state index contributed by atoms with van der Waals surface area (Å²) in [5.74, 6) is 0.440. The molecule has 0 saturated heterocycles. The molecule has 0 heterocycles. The fraction of sp³-hybridized carbons (Fsp3) is 0.300. The van der Waals surface area contributed by atoms with Gasteiger partial charge in [0.25, 0.3) is 0 Å². The second-order valence-electron chi connectivity index (χ2n) is 2.56. The third-order valence-corrected chi connectivity index (χ3v) is 1.43. The van der Waals surface area contributed by atoms with Crippen molar-refractivity contribution in [3.8, 4) is 6.07 Å². The molecule has 0 unspecified atom stereocenters. The Kier molecular flexibility index (Phi) is 3.21. The van der Waals surface area contributed by atoms with Crippen molar-refractivity contribution >= 4 is 0 Å². The summed E-state index contributed by atoms with van der Waals surface area (Å²) >= 11 is 0. The standard InChI is InChI=1S/C6H6.C4H5N/c1-2-4-6-5-3-1;5-3-4-1-2-4/h1-6H;4H,1-2H2. The first-order chi connectivity index (χ1) is 5.43. The van der Waals surface area contributed by atoms with E-state index in [1.165, 1.54) is 0 Å². The minimum Gasteiger partial charge on any atom is -0.198 e. The Morgan fingerprint density at radius 2 is 1.27 bits per heavy atom. The van der Waals surface area contributed by atoms with Crippen LogP contribution in [0.3, 0.4) is 0 Å². The van der Waals surface area contributed by atoms with Crippen LogP contribution >= 0.6 is 0 Å². The normalized spacial score (nSPS) is 14.1. The molecule has 0 aliphatic heterocycles. The second-order valence-corrected chi connectivity index (χ2v) is 2.56. The minimum atomic E-state index is 0.440. The molecule has 0 bridgehead atoms. The van der Waals surface area contributed by atoms with Crippen LogP contribution in [0.5, 0.6) is 0 Å². The van der Waals surface area contributed by atoms with Gasteiger partial charge in [0.2, 0.25) is 0 Å². The number of benzene rings is 1. The van der Waals surface area contributed by atoms with Crippen molar-refractivity contribution in [3.05, 3.63) is 36.4 Å². The van der Waals surface area contributed by atoms with Crippen LogP contribution in [0.1, 0.15) is 12.8 Å². The zero-order valence-electron chi connectivity index (χ0n) is 6.40. The Bertz CT molecular complexity index is 192. The Balaban J connectivity index is 0.000000112. The topological polar surface area (TPSA) is 23.8 Å². The molecule has 1 fully saturated rings.